The Morgan fingerprint density at radius 1 is 1.10 bits per heavy atom. The molecule has 0 aromatic carbocycles. The zero-order chi connectivity index (χ0) is 15.4. The van der Waals surface area contributed by atoms with Gasteiger partial charge in [-0.2, -0.15) is 0 Å². The molecule has 0 aromatic rings. The van der Waals surface area contributed by atoms with Crippen LogP contribution < -0.4 is 0 Å². The number of esters is 1. The third-order valence-electron chi connectivity index (χ3n) is 5.38. The number of carbonyl (C=O) groups is 2. The quantitative estimate of drug-likeness (QED) is 0.579. The van der Waals surface area contributed by atoms with Crippen molar-refractivity contribution in [2.75, 3.05) is 0 Å². The predicted molar refractivity (Wildman–Crippen MR) is 82.8 cm³/mol. The van der Waals surface area contributed by atoms with E-state index >= 15 is 0 Å². The van der Waals surface area contributed by atoms with E-state index in [2.05, 4.69) is 6.58 Å². The molecule has 0 heterocycles. The van der Waals surface area contributed by atoms with E-state index in [1.54, 1.807) is 6.92 Å². The fourth-order valence-electron chi connectivity index (χ4n) is 3.88. The first kappa shape index (κ1) is 16.3. The molecule has 0 spiro atoms. The highest BCUT2D eigenvalue weighted by Gasteiger charge is 2.32. The first-order valence-electron chi connectivity index (χ1n) is 8.35. The van der Waals surface area contributed by atoms with Gasteiger partial charge >= 0.3 is 5.97 Å². The molecule has 1 unspecified atom stereocenters. The van der Waals surface area contributed by atoms with Crippen LogP contribution >= 0.6 is 0 Å². The molecule has 3 heteroatoms. The molecule has 0 radical (unpaired) electrons. The van der Waals surface area contributed by atoms with Gasteiger partial charge in [0, 0.05) is 18.4 Å². The summed E-state index contributed by atoms with van der Waals surface area (Å²) in [4.78, 5) is 22.9. The highest BCUT2D eigenvalue weighted by molar-refractivity contribution is 5.87. The number of rotatable bonds is 4. The Balaban J connectivity index is 1.76. The second kappa shape index (κ2) is 7.24. The Labute approximate surface area is 128 Å². The molecule has 0 aliphatic heterocycles. The number of hydrogen-bond donors (Lipinski definition) is 0. The highest BCUT2D eigenvalue weighted by Crippen LogP contribution is 2.40. The maximum absolute atomic E-state index is 11.6. The van der Waals surface area contributed by atoms with Crippen molar-refractivity contribution < 1.29 is 14.3 Å². The molecule has 3 nitrogen and oxygen atoms in total. The zero-order valence-electron chi connectivity index (χ0n) is 13.4. The summed E-state index contributed by atoms with van der Waals surface area (Å²) in [5.74, 6) is 2.18. The molecule has 2 saturated carbocycles. The summed E-state index contributed by atoms with van der Waals surface area (Å²) in [6.07, 6.45) is 8.47. The van der Waals surface area contributed by atoms with Crippen molar-refractivity contribution in [1.29, 1.82) is 0 Å². The minimum absolute atomic E-state index is 0.0110. The van der Waals surface area contributed by atoms with Crippen LogP contribution in [0, 0.1) is 17.8 Å². The third kappa shape index (κ3) is 4.42. The van der Waals surface area contributed by atoms with Crippen LogP contribution in [0.1, 0.15) is 65.2 Å². The summed E-state index contributed by atoms with van der Waals surface area (Å²) in [7, 11) is 0. The average Bonchev–Trinajstić information content (AvgIpc) is 2.48. The number of hydrogen-bond acceptors (Lipinski definition) is 3. The Morgan fingerprint density at radius 2 is 1.62 bits per heavy atom. The molecule has 2 aliphatic rings. The Bertz CT molecular complexity index is 395. The minimum atomic E-state index is -0.268. The van der Waals surface area contributed by atoms with Crippen molar-refractivity contribution in [2.45, 2.75) is 71.3 Å². The van der Waals surface area contributed by atoms with Gasteiger partial charge in [0.05, 0.1) is 0 Å². The summed E-state index contributed by atoms with van der Waals surface area (Å²) in [5.41, 5.74) is 0.474. The van der Waals surface area contributed by atoms with E-state index in [1.807, 2.05) is 6.92 Å². The van der Waals surface area contributed by atoms with E-state index < -0.39 is 0 Å². The van der Waals surface area contributed by atoms with E-state index in [0.29, 0.717) is 17.3 Å². The predicted octanol–water partition coefficient (Wildman–Crippen LogP) is 4.06. The number of carbonyl (C=O) groups excluding carboxylic acids is 2. The molecular formula is C18H28O3. The largest absolute Gasteiger partial charge is 0.459 e. The van der Waals surface area contributed by atoms with E-state index in [1.165, 1.54) is 12.8 Å². The lowest BCUT2D eigenvalue weighted by atomic mass is 9.70. The van der Waals surface area contributed by atoms with Crippen LogP contribution in [-0.4, -0.2) is 17.9 Å². The first-order chi connectivity index (χ1) is 9.97. The van der Waals surface area contributed by atoms with Crippen molar-refractivity contribution in [1.82, 2.24) is 0 Å². The zero-order valence-corrected chi connectivity index (χ0v) is 13.4. The van der Waals surface area contributed by atoms with Gasteiger partial charge in [0.1, 0.15) is 11.9 Å². The smallest absolute Gasteiger partial charge is 0.333 e. The molecule has 1 atom stereocenters. The lowest BCUT2D eigenvalue weighted by Crippen LogP contribution is -2.31. The van der Waals surface area contributed by atoms with Crippen LogP contribution in [0.4, 0.5) is 0 Å². The van der Waals surface area contributed by atoms with E-state index in [9.17, 15) is 9.59 Å². The van der Waals surface area contributed by atoms with E-state index in [4.69, 9.17) is 4.74 Å². The molecule has 0 N–H and O–H groups in total. The molecule has 0 bridgehead atoms. The molecule has 0 amide bonds. The lowest BCUT2D eigenvalue weighted by Gasteiger charge is -2.37. The van der Waals surface area contributed by atoms with Gasteiger partial charge < -0.3 is 4.74 Å². The maximum Gasteiger partial charge on any atom is 0.333 e. The van der Waals surface area contributed by atoms with E-state index in [0.717, 1.165) is 50.4 Å². The SMILES string of the molecule is C=C(C)C(=O)OC(C)C1CCC(C2CCC(=O)CC2)CC1. The van der Waals surface area contributed by atoms with Crippen LogP contribution in [0.3, 0.4) is 0 Å². The van der Waals surface area contributed by atoms with Crippen molar-refractivity contribution in [3.8, 4) is 0 Å². The summed E-state index contributed by atoms with van der Waals surface area (Å²) >= 11 is 0. The highest BCUT2D eigenvalue weighted by atomic mass is 16.5. The molecule has 118 valence electrons. The Kier molecular flexibility index (Phi) is 5.60. The molecule has 0 aromatic heterocycles. The second-order valence-electron chi connectivity index (χ2n) is 6.94. The minimum Gasteiger partial charge on any atom is -0.459 e. The number of ether oxygens (including phenoxy) is 1. The molecule has 2 fully saturated rings. The van der Waals surface area contributed by atoms with Gasteiger partial charge in [-0.3, -0.25) is 4.79 Å². The normalized spacial score (nSPS) is 29.0. The molecule has 0 saturated heterocycles. The molecule has 21 heavy (non-hydrogen) atoms. The van der Waals surface area contributed by atoms with Crippen molar-refractivity contribution in [3.63, 3.8) is 0 Å². The summed E-state index contributed by atoms with van der Waals surface area (Å²) in [6, 6.07) is 0. The lowest BCUT2D eigenvalue weighted by molar-refractivity contribution is -0.146. The number of ketones is 1. The van der Waals surface area contributed by atoms with Gasteiger partial charge in [-0.25, -0.2) is 4.79 Å². The summed E-state index contributed by atoms with van der Waals surface area (Å²) in [6.45, 7) is 7.33. The Hall–Kier alpha value is -1.12. The van der Waals surface area contributed by atoms with Crippen LogP contribution in [0.5, 0.6) is 0 Å². The van der Waals surface area contributed by atoms with Crippen molar-refractivity contribution >= 4 is 11.8 Å². The van der Waals surface area contributed by atoms with Crippen molar-refractivity contribution in [3.05, 3.63) is 12.2 Å². The topological polar surface area (TPSA) is 43.4 Å². The first-order valence-corrected chi connectivity index (χ1v) is 8.35. The Morgan fingerprint density at radius 3 is 2.14 bits per heavy atom. The van der Waals surface area contributed by atoms with Gasteiger partial charge in [0.2, 0.25) is 0 Å². The van der Waals surface area contributed by atoms with Crippen LogP contribution in [0.15, 0.2) is 12.2 Å². The van der Waals surface area contributed by atoms with Gasteiger partial charge in [0.15, 0.2) is 0 Å². The molecule has 2 rings (SSSR count). The van der Waals surface area contributed by atoms with E-state index in [-0.39, 0.29) is 12.1 Å². The standard InChI is InChI=1S/C18H28O3/c1-12(2)18(20)21-13(3)14-4-6-15(7-5-14)16-8-10-17(19)11-9-16/h13-16H,1,4-11H2,2-3H3. The van der Waals surface area contributed by atoms with Crippen LogP contribution in [0.25, 0.3) is 0 Å². The van der Waals surface area contributed by atoms with Crippen LogP contribution in [0.2, 0.25) is 0 Å². The average molecular weight is 292 g/mol. The molecular weight excluding hydrogens is 264 g/mol. The van der Waals surface area contributed by atoms with Crippen molar-refractivity contribution in [2.24, 2.45) is 17.8 Å². The van der Waals surface area contributed by atoms with Gasteiger partial charge in [-0.15, -0.1) is 0 Å². The van der Waals surface area contributed by atoms with Crippen LogP contribution in [-0.2, 0) is 14.3 Å². The summed E-state index contributed by atoms with van der Waals surface area (Å²) < 4.78 is 5.46. The maximum atomic E-state index is 11.6. The fraction of sp³-hybridized carbons (Fsp3) is 0.778. The third-order valence-corrected chi connectivity index (χ3v) is 5.38. The number of Topliss-reactive ketones (excluding diaryl/α,β-unsaturated/α-hetero) is 1. The van der Waals surface area contributed by atoms with Gasteiger partial charge in [0.25, 0.3) is 0 Å². The second-order valence-corrected chi connectivity index (χ2v) is 6.94. The summed E-state index contributed by atoms with van der Waals surface area (Å²) in [5, 5.41) is 0. The van der Waals surface area contributed by atoms with Gasteiger partial charge in [-0.1, -0.05) is 6.58 Å². The fourth-order valence-corrected chi connectivity index (χ4v) is 3.88. The van der Waals surface area contributed by atoms with Gasteiger partial charge in [-0.05, 0) is 70.1 Å². The molecule has 2 aliphatic carbocycles. The monoisotopic (exact) mass is 292 g/mol.